The predicted octanol–water partition coefficient (Wildman–Crippen LogP) is 6.69. The van der Waals surface area contributed by atoms with E-state index >= 15 is 0 Å². The zero-order valence-electron chi connectivity index (χ0n) is 15.9. The minimum absolute atomic E-state index is 0.258. The second kappa shape index (κ2) is 18.3. The smallest absolute Gasteiger partial charge is 0.333 e. The van der Waals surface area contributed by atoms with Crippen molar-refractivity contribution in [2.45, 2.75) is 98.8 Å². The molecule has 0 aromatic rings. The minimum Gasteiger partial charge on any atom is -0.462 e. The molecule has 0 spiro atoms. The molecule has 2 heteroatoms. The molecule has 0 N–H and O–H groups in total. The van der Waals surface area contributed by atoms with Crippen molar-refractivity contribution in [3.63, 3.8) is 0 Å². The molecular formula is C20H40O2. The summed E-state index contributed by atoms with van der Waals surface area (Å²) >= 11 is 0. The van der Waals surface area contributed by atoms with Crippen LogP contribution in [-0.4, -0.2) is 12.6 Å². The van der Waals surface area contributed by atoms with Gasteiger partial charge in [0.15, 0.2) is 0 Å². The van der Waals surface area contributed by atoms with Crippen molar-refractivity contribution in [2.75, 3.05) is 6.61 Å². The first-order valence-electron chi connectivity index (χ1n) is 9.24. The van der Waals surface area contributed by atoms with Gasteiger partial charge in [-0.1, -0.05) is 92.1 Å². The number of esters is 1. The van der Waals surface area contributed by atoms with Gasteiger partial charge in [-0.15, -0.1) is 0 Å². The van der Waals surface area contributed by atoms with E-state index in [1.807, 2.05) is 0 Å². The summed E-state index contributed by atoms with van der Waals surface area (Å²) in [5.74, 6) is 0.575. The molecule has 0 bridgehead atoms. The summed E-state index contributed by atoms with van der Waals surface area (Å²) in [4.78, 5) is 11.1. The third kappa shape index (κ3) is 24.2. The summed E-state index contributed by atoms with van der Waals surface area (Å²) in [5, 5.41) is 0. The van der Waals surface area contributed by atoms with Gasteiger partial charge in [0.05, 0.1) is 6.61 Å². The number of ether oxygens (including phenoxy) is 1. The van der Waals surface area contributed by atoms with Crippen LogP contribution in [0.2, 0.25) is 0 Å². The van der Waals surface area contributed by atoms with Crippen LogP contribution in [0, 0.1) is 5.92 Å². The van der Waals surface area contributed by atoms with Crippen molar-refractivity contribution in [3.8, 4) is 0 Å². The van der Waals surface area contributed by atoms with Crippen molar-refractivity contribution >= 4 is 5.97 Å². The molecule has 0 aliphatic carbocycles. The SMILES string of the molecule is C=C(C)C(=O)OCCCCCCCCCCCC.CC(C)C. The number of hydrogen-bond acceptors (Lipinski definition) is 2. The van der Waals surface area contributed by atoms with Gasteiger partial charge in [-0.3, -0.25) is 0 Å². The Morgan fingerprint density at radius 1 is 0.864 bits per heavy atom. The van der Waals surface area contributed by atoms with Crippen molar-refractivity contribution in [3.05, 3.63) is 12.2 Å². The first-order valence-corrected chi connectivity index (χ1v) is 9.24. The summed E-state index contributed by atoms with van der Waals surface area (Å²) in [6, 6.07) is 0. The Kier molecular flexibility index (Phi) is 19.5. The van der Waals surface area contributed by atoms with E-state index in [-0.39, 0.29) is 5.97 Å². The van der Waals surface area contributed by atoms with Gasteiger partial charge in [0, 0.05) is 5.57 Å². The molecule has 0 fully saturated rings. The molecule has 0 aliphatic heterocycles. The lowest BCUT2D eigenvalue weighted by molar-refractivity contribution is -0.139. The molecule has 0 aliphatic rings. The van der Waals surface area contributed by atoms with E-state index in [9.17, 15) is 4.79 Å². The monoisotopic (exact) mass is 312 g/mol. The molecule has 0 unspecified atom stereocenters. The van der Waals surface area contributed by atoms with Crippen molar-refractivity contribution in [1.82, 2.24) is 0 Å². The van der Waals surface area contributed by atoms with E-state index < -0.39 is 0 Å². The highest BCUT2D eigenvalue weighted by molar-refractivity contribution is 5.86. The number of hydrogen-bond donors (Lipinski definition) is 0. The van der Waals surface area contributed by atoms with Crippen molar-refractivity contribution in [1.29, 1.82) is 0 Å². The maximum absolute atomic E-state index is 11.1. The lowest BCUT2D eigenvalue weighted by Gasteiger charge is -2.04. The van der Waals surface area contributed by atoms with Gasteiger partial charge in [0.1, 0.15) is 0 Å². The lowest BCUT2D eigenvalue weighted by atomic mass is 10.1. The Bertz CT molecular complexity index is 254. The third-order valence-corrected chi connectivity index (χ3v) is 3.08. The average molecular weight is 313 g/mol. The predicted molar refractivity (Wildman–Crippen MR) is 98.1 cm³/mol. The summed E-state index contributed by atoms with van der Waals surface area (Å²) < 4.78 is 5.04. The molecule has 22 heavy (non-hydrogen) atoms. The van der Waals surface area contributed by atoms with Gasteiger partial charge >= 0.3 is 5.97 Å². The van der Waals surface area contributed by atoms with E-state index in [0.29, 0.717) is 12.2 Å². The molecular weight excluding hydrogens is 272 g/mol. The van der Waals surface area contributed by atoms with Gasteiger partial charge in [0.2, 0.25) is 0 Å². The van der Waals surface area contributed by atoms with Crippen LogP contribution in [0.15, 0.2) is 12.2 Å². The third-order valence-electron chi connectivity index (χ3n) is 3.08. The zero-order valence-corrected chi connectivity index (χ0v) is 15.9. The number of carbonyl (C=O) groups excluding carboxylic acids is 1. The molecule has 0 aromatic heterocycles. The topological polar surface area (TPSA) is 26.3 Å². The van der Waals surface area contributed by atoms with Crippen LogP contribution in [0.4, 0.5) is 0 Å². The maximum Gasteiger partial charge on any atom is 0.333 e. The molecule has 0 radical (unpaired) electrons. The van der Waals surface area contributed by atoms with E-state index in [1.54, 1.807) is 6.92 Å². The van der Waals surface area contributed by atoms with Crippen molar-refractivity contribution < 1.29 is 9.53 Å². The molecule has 0 amide bonds. The molecule has 2 nitrogen and oxygen atoms in total. The molecule has 132 valence electrons. The van der Waals surface area contributed by atoms with Crippen LogP contribution in [0.25, 0.3) is 0 Å². The van der Waals surface area contributed by atoms with Gasteiger partial charge in [-0.2, -0.15) is 0 Å². The Morgan fingerprint density at radius 3 is 1.59 bits per heavy atom. The van der Waals surface area contributed by atoms with Crippen LogP contribution < -0.4 is 0 Å². The highest BCUT2D eigenvalue weighted by Crippen LogP contribution is 2.10. The second-order valence-corrected chi connectivity index (χ2v) is 6.83. The molecule has 0 aromatic carbocycles. The van der Waals surface area contributed by atoms with Crippen LogP contribution in [0.1, 0.15) is 98.8 Å². The summed E-state index contributed by atoms with van der Waals surface area (Å²) in [5.41, 5.74) is 0.488. The maximum atomic E-state index is 11.1. The molecule has 0 atom stereocenters. The largest absolute Gasteiger partial charge is 0.462 e. The number of rotatable bonds is 12. The van der Waals surface area contributed by atoms with Crippen LogP contribution >= 0.6 is 0 Å². The fourth-order valence-electron chi connectivity index (χ4n) is 1.88. The first kappa shape index (κ1) is 23.5. The summed E-state index contributed by atoms with van der Waals surface area (Å²) in [6.07, 6.45) is 13.0. The highest BCUT2D eigenvalue weighted by Gasteiger charge is 2.01. The van der Waals surface area contributed by atoms with Gasteiger partial charge < -0.3 is 4.74 Å². The van der Waals surface area contributed by atoms with Crippen LogP contribution in [-0.2, 0) is 9.53 Å². The van der Waals surface area contributed by atoms with Gasteiger partial charge in [-0.25, -0.2) is 4.79 Å². The fraction of sp³-hybridized carbons (Fsp3) is 0.850. The van der Waals surface area contributed by atoms with Gasteiger partial charge in [-0.05, 0) is 19.3 Å². The van der Waals surface area contributed by atoms with Crippen molar-refractivity contribution in [2.24, 2.45) is 5.92 Å². The number of carbonyl (C=O) groups is 1. The average Bonchev–Trinajstić information content (AvgIpc) is 2.43. The molecule has 0 saturated carbocycles. The standard InChI is InChI=1S/C16H30O2.C4H10/c1-4-5-6-7-8-9-10-11-12-13-14-18-16(17)15(2)3;1-4(2)3/h2,4-14H2,1,3H3;4H,1-3H3. The Labute approximate surface area is 139 Å². The highest BCUT2D eigenvalue weighted by atomic mass is 16.5. The van der Waals surface area contributed by atoms with E-state index in [0.717, 1.165) is 12.3 Å². The summed E-state index contributed by atoms with van der Waals surface area (Å²) in [7, 11) is 0. The number of unbranched alkanes of at least 4 members (excludes halogenated alkanes) is 9. The van der Waals surface area contributed by atoms with Crippen LogP contribution in [0.3, 0.4) is 0 Å². The van der Waals surface area contributed by atoms with E-state index in [2.05, 4.69) is 34.3 Å². The van der Waals surface area contributed by atoms with Crippen LogP contribution in [0.5, 0.6) is 0 Å². The van der Waals surface area contributed by atoms with E-state index in [4.69, 9.17) is 4.74 Å². The fourth-order valence-corrected chi connectivity index (χ4v) is 1.88. The lowest BCUT2D eigenvalue weighted by Crippen LogP contribution is -2.05. The van der Waals surface area contributed by atoms with E-state index in [1.165, 1.54) is 57.8 Å². The minimum atomic E-state index is -0.258. The molecule has 0 saturated heterocycles. The molecule has 0 rings (SSSR count). The zero-order chi connectivity index (χ0) is 17.2. The summed E-state index contributed by atoms with van der Waals surface area (Å²) in [6.45, 7) is 14.5. The Morgan fingerprint density at radius 2 is 1.23 bits per heavy atom. The second-order valence-electron chi connectivity index (χ2n) is 6.83. The molecule has 0 heterocycles. The first-order chi connectivity index (χ1) is 10.4. The quantitative estimate of drug-likeness (QED) is 0.228. The van der Waals surface area contributed by atoms with Gasteiger partial charge in [0.25, 0.3) is 0 Å². The Hall–Kier alpha value is -0.790. The normalized spacial score (nSPS) is 10.1. The Balaban J connectivity index is 0.